The molecule has 5 nitrogen and oxygen atoms in total. The van der Waals surface area contributed by atoms with Crippen molar-refractivity contribution in [2.24, 2.45) is 0 Å². The number of ether oxygens (including phenoxy) is 1. The Hall–Kier alpha value is -1.69. The smallest absolute Gasteiger partial charge is 0.333 e. The molecular formula is C14H20N2O3S. The summed E-state index contributed by atoms with van der Waals surface area (Å²) in [6.07, 6.45) is 5.14. The molecule has 0 saturated carbocycles. The van der Waals surface area contributed by atoms with E-state index >= 15 is 0 Å². The first-order valence-electron chi connectivity index (χ1n) is 6.63. The van der Waals surface area contributed by atoms with Gasteiger partial charge in [0.05, 0.1) is 6.61 Å². The third-order valence-corrected chi connectivity index (χ3v) is 3.14. The zero-order chi connectivity index (χ0) is 15.0. The van der Waals surface area contributed by atoms with Gasteiger partial charge in [0.1, 0.15) is 0 Å². The second-order valence-electron chi connectivity index (χ2n) is 4.60. The molecule has 0 fully saturated rings. The SMILES string of the molecule is C=C(C)C(=O)OCCCCCCn1c(=O)cc[nH]c1=S. The van der Waals surface area contributed by atoms with Crippen molar-refractivity contribution in [3.05, 3.63) is 39.5 Å². The van der Waals surface area contributed by atoms with E-state index in [1.165, 1.54) is 6.07 Å². The Bertz CT molecular complexity index is 546. The van der Waals surface area contributed by atoms with Crippen LogP contribution in [0.1, 0.15) is 32.6 Å². The minimum atomic E-state index is -0.341. The van der Waals surface area contributed by atoms with Crippen LogP contribution >= 0.6 is 12.2 Å². The van der Waals surface area contributed by atoms with Crippen LogP contribution in [0.5, 0.6) is 0 Å². The molecule has 0 saturated heterocycles. The molecule has 1 N–H and O–H groups in total. The number of unbranched alkanes of at least 4 members (excludes halogenated alkanes) is 3. The maximum absolute atomic E-state index is 11.6. The molecule has 6 heteroatoms. The largest absolute Gasteiger partial charge is 0.462 e. The first-order valence-corrected chi connectivity index (χ1v) is 7.04. The monoisotopic (exact) mass is 296 g/mol. The molecule has 1 aromatic heterocycles. The van der Waals surface area contributed by atoms with E-state index in [4.69, 9.17) is 17.0 Å². The molecule has 1 rings (SSSR count). The van der Waals surface area contributed by atoms with Gasteiger partial charge in [-0.05, 0) is 38.4 Å². The van der Waals surface area contributed by atoms with E-state index in [0.29, 0.717) is 23.5 Å². The third kappa shape index (κ3) is 5.52. The van der Waals surface area contributed by atoms with Gasteiger partial charge in [0.2, 0.25) is 0 Å². The van der Waals surface area contributed by atoms with E-state index in [9.17, 15) is 9.59 Å². The van der Waals surface area contributed by atoms with Gasteiger partial charge in [0.15, 0.2) is 4.77 Å². The van der Waals surface area contributed by atoms with E-state index in [1.807, 2.05) is 0 Å². The Labute approximate surface area is 123 Å². The fourth-order valence-corrected chi connectivity index (χ4v) is 1.93. The average Bonchev–Trinajstić information content (AvgIpc) is 2.40. The lowest BCUT2D eigenvalue weighted by Crippen LogP contribution is -2.20. The second-order valence-corrected chi connectivity index (χ2v) is 4.99. The first kappa shape index (κ1) is 16.4. The first-order chi connectivity index (χ1) is 9.52. The number of rotatable bonds is 8. The number of esters is 1. The van der Waals surface area contributed by atoms with Gasteiger partial charge in [-0.25, -0.2) is 4.79 Å². The fourth-order valence-electron chi connectivity index (χ4n) is 1.68. The third-order valence-electron chi connectivity index (χ3n) is 2.80. The number of hydrogen-bond acceptors (Lipinski definition) is 4. The number of aromatic amines is 1. The summed E-state index contributed by atoms with van der Waals surface area (Å²) < 4.78 is 6.99. The van der Waals surface area contributed by atoms with Gasteiger partial charge < -0.3 is 9.72 Å². The van der Waals surface area contributed by atoms with Gasteiger partial charge in [-0.2, -0.15) is 0 Å². The van der Waals surface area contributed by atoms with Gasteiger partial charge in [0.25, 0.3) is 5.56 Å². The normalized spacial score (nSPS) is 10.2. The Morgan fingerprint density at radius 1 is 1.40 bits per heavy atom. The van der Waals surface area contributed by atoms with Crippen LogP contribution in [0.15, 0.2) is 29.2 Å². The van der Waals surface area contributed by atoms with Crippen molar-refractivity contribution in [3.63, 3.8) is 0 Å². The number of hydrogen-bond donors (Lipinski definition) is 1. The molecule has 1 heterocycles. The molecule has 20 heavy (non-hydrogen) atoms. The van der Waals surface area contributed by atoms with Crippen molar-refractivity contribution in [2.45, 2.75) is 39.2 Å². The van der Waals surface area contributed by atoms with Crippen molar-refractivity contribution in [1.29, 1.82) is 0 Å². The molecule has 0 radical (unpaired) electrons. The van der Waals surface area contributed by atoms with E-state index in [2.05, 4.69) is 11.6 Å². The van der Waals surface area contributed by atoms with Gasteiger partial charge in [-0.3, -0.25) is 9.36 Å². The zero-order valence-corrected chi connectivity index (χ0v) is 12.5. The summed E-state index contributed by atoms with van der Waals surface area (Å²) in [4.78, 5) is 25.5. The van der Waals surface area contributed by atoms with Crippen LogP contribution in [0.25, 0.3) is 0 Å². The highest BCUT2D eigenvalue weighted by molar-refractivity contribution is 7.71. The summed E-state index contributed by atoms with van der Waals surface area (Å²) in [5, 5.41) is 0. The number of aromatic nitrogens is 2. The Morgan fingerprint density at radius 2 is 2.10 bits per heavy atom. The summed E-state index contributed by atoms with van der Waals surface area (Å²) in [7, 11) is 0. The average molecular weight is 296 g/mol. The highest BCUT2D eigenvalue weighted by Gasteiger charge is 2.02. The van der Waals surface area contributed by atoms with E-state index in [-0.39, 0.29) is 11.5 Å². The summed E-state index contributed by atoms with van der Waals surface area (Å²) >= 11 is 5.05. The summed E-state index contributed by atoms with van der Waals surface area (Å²) in [6, 6.07) is 1.47. The Balaban J connectivity index is 2.17. The quantitative estimate of drug-likeness (QED) is 0.346. The molecule has 0 unspecified atom stereocenters. The Morgan fingerprint density at radius 3 is 2.75 bits per heavy atom. The standard InChI is InChI=1S/C14H20N2O3S/c1-11(2)13(18)19-10-6-4-3-5-9-16-12(17)7-8-15-14(16)20/h7-8H,1,3-6,9-10H2,2H3,(H,15,20). The minimum absolute atomic E-state index is 0.0795. The van der Waals surface area contributed by atoms with E-state index in [1.54, 1.807) is 17.7 Å². The summed E-state index contributed by atoms with van der Waals surface area (Å²) in [6.45, 7) is 6.17. The van der Waals surface area contributed by atoms with Crippen LogP contribution in [0.4, 0.5) is 0 Å². The minimum Gasteiger partial charge on any atom is -0.462 e. The Kier molecular flexibility index (Phi) is 6.93. The molecule has 0 aliphatic carbocycles. The lowest BCUT2D eigenvalue weighted by atomic mass is 10.2. The number of H-pyrrole nitrogens is 1. The molecular weight excluding hydrogens is 276 g/mol. The van der Waals surface area contributed by atoms with Crippen LogP contribution in [0.3, 0.4) is 0 Å². The maximum Gasteiger partial charge on any atom is 0.333 e. The summed E-state index contributed by atoms with van der Waals surface area (Å²) in [5.41, 5.74) is 0.340. The van der Waals surface area contributed by atoms with Crippen LogP contribution in [-0.2, 0) is 16.1 Å². The predicted molar refractivity (Wildman–Crippen MR) is 80.1 cm³/mol. The number of carbonyl (C=O) groups is 1. The van der Waals surface area contributed by atoms with Gasteiger partial charge in [0, 0.05) is 24.4 Å². The molecule has 110 valence electrons. The van der Waals surface area contributed by atoms with Crippen LogP contribution in [0, 0.1) is 4.77 Å². The maximum atomic E-state index is 11.6. The molecule has 0 aliphatic heterocycles. The second kappa shape index (κ2) is 8.47. The molecule has 0 aliphatic rings. The zero-order valence-electron chi connectivity index (χ0n) is 11.7. The molecule has 0 aromatic carbocycles. The van der Waals surface area contributed by atoms with Gasteiger partial charge in [-0.1, -0.05) is 13.0 Å². The number of nitrogens with zero attached hydrogens (tertiary/aromatic N) is 1. The van der Waals surface area contributed by atoms with Crippen molar-refractivity contribution >= 4 is 18.2 Å². The van der Waals surface area contributed by atoms with Gasteiger partial charge in [-0.15, -0.1) is 0 Å². The highest BCUT2D eigenvalue weighted by atomic mass is 32.1. The summed E-state index contributed by atoms with van der Waals surface area (Å²) in [5.74, 6) is -0.341. The molecule has 0 spiro atoms. The fraction of sp³-hybridized carbons (Fsp3) is 0.500. The number of carbonyl (C=O) groups excluding carboxylic acids is 1. The molecule has 1 aromatic rings. The molecule has 0 amide bonds. The topological polar surface area (TPSA) is 64.1 Å². The van der Waals surface area contributed by atoms with Crippen molar-refractivity contribution in [3.8, 4) is 0 Å². The van der Waals surface area contributed by atoms with E-state index < -0.39 is 0 Å². The van der Waals surface area contributed by atoms with Crippen molar-refractivity contribution < 1.29 is 9.53 Å². The van der Waals surface area contributed by atoms with Crippen molar-refractivity contribution in [2.75, 3.05) is 6.61 Å². The van der Waals surface area contributed by atoms with Crippen molar-refractivity contribution in [1.82, 2.24) is 9.55 Å². The molecule has 0 bridgehead atoms. The number of nitrogens with one attached hydrogen (secondary N) is 1. The van der Waals surface area contributed by atoms with E-state index in [0.717, 1.165) is 25.7 Å². The van der Waals surface area contributed by atoms with Gasteiger partial charge >= 0.3 is 5.97 Å². The van der Waals surface area contributed by atoms with Crippen LogP contribution < -0.4 is 5.56 Å². The lowest BCUT2D eigenvalue weighted by Gasteiger charge is -2.06. The lowest BCUT2D eigenvalue weighted by molar-refractivity contribution is -0.139. The van der Waals surface area contributed by atoms with Crippen LogP contribution in [0.2, 0.25) is 0 Å². The van der Waals surface area contributed by atoms with Crippen LogP contribution in [-0.4, -0.2) is 22.1 Å². The predicted octanol–water partition coefficient (Wildman–Crippen LogP) is 2.59. The highest BCUT2D eigenvalue weighted by Crippen LogP contribution is 2.03. The molecule has 0 atom stereocenters.